The van der Waals surface area contributed by atoms with E-state index in [1.165, 1.54) is 0 Å². The van der Waals surface area contributed by atoms with Gasteiger partial charge in [0.1, 0.15) is 5.75 Å². The van der Waals surface area contributed by atoms with Gasteiger partial charge in [0, 0.05) is 0 Å². The minimum atomic E-state index is -3.56. The van der Waals surface area contributed by atoms with Crippen molar-refractivity contribution in [2.45, 2.75) is 6.92 Å². The normalized spacial score (nSPS) is 11.0. The first-order valence-electron chi connectivity index (χ1n) is 4.67. The van der Waals surface area contributed by atoms with Crippen molar-refractivity contribution < 1.29 is 17.9 Å². The van der Waals surface area contributed by atoms with Crippen molar-refractivity contribution in [2.75, 3.05) is 12.9 Å². The molecule has 17 heavy (non-hydrogen) atoms. The average molecular weight is 278 g/mol. The number of hydrogen-bond acceptors (Lipinski definition) is 4. The Morgan fingerprint density at radius 2 is 2.12 bits per heavy atom. The SMILES string of the molecule is Cc1ccc(Cl)c(OCC(=O)NS(C)(=O)=O)c1. The van der Waals surface area contributed by atoms with Gasteiger partial charge in [-0.1, -0.05) is 17.7 Å². The molecule has 5 nitrogen and oxygen atoms in total. The van der Waals surface area contributed by atoms with Gasteiger partial charge >= 0.3 is 0 Å². The third-order valence-electron chi connectivity index (χ3n) is 1.74. The lowest BCUT2D eigenvalue weighted by atomic mass is 10.2. The summed E-state index contributed by atoms with van der Waals surface area (Å²) >= 11 is 5.84. The van der Waals surface area contributed by atoms with Gasteiger partial charge in [-0.3, -0.25) is 9.52 Å². The molecule has 0 aliphatic carbocycles. The van der Waals surface area contributed by atoms with Crippen LogP contribution in [0.3, 0.4) is 0 Å². The largest absolute Gasteiger partial charge is 0.482 e. The van der Waals surface area contributed by atoms with Gasteiger partial charge in [-0.2, -0.15) is 0 Å². The van der Waals surface area contributed by atoms with Crippen molar-refractivity contribution in [3.8, 4) is 5.75 Å². The molecule has 1 N–H and O–H groups in total. The Labute approximate surface area is 105 Å². The Kier molecular flexibility index (Phi) is 4.36. The minimum absolute atomic E-state index is 0.343. The molecule has 1 rings (SSSR count). The standard InChI is InChI=1S/C10H12ClNO4S/c1-7-3-4-8(11)9(5-7)16-6-10(13)12-17(2,14)15/h3-5H,6H2,1-2H3,(H,12,13). The summed E-state index contributed by atoms with van der Waals surface area (Å²) in [5.74, 6) is -0.402. The van der Waals surface area contributed by atoms with E-state index >= 15 is 0 Å². The number of carbonyl (C=O) groups is 1. The van der Waals surface area contributed by atoms with Crippen molar-refractivity contribution in [1.82, 2.24) is 4.72 Å². The highest BCUT2D eigenvalue weighted by Gasteiger charge is 2.10. The minimum Gasteiger partial charge on any atom is -0.482 e. The van der Waals surface area contributed by atoms with Crippen molar-refractivity contribution in [1.29, 1.82) is 0 Å². The molecular formula is C10H12ClNO4S. The number of benzene rings is 1. The van der Waals surface area contributed by atoms with Crippen LogP contribution in [0.25, 0.3) is 0 Å². The number of sulfonamides is 1. The first-order valence-corrected chi connectivity index (χ1v) is 6.94. The maximum Gasteiger partial charge on any atom is 0.271 e. The van der Waals surface area contributed by atoms with Gasteiger partial charge in [-0.15, -0.1) is 0 Å². The van der Waals surface area contributed by atoms with Crippen LogP contribution in [0.2, 0.25) is 5.02 Å². The van der Waals surface area contributed by atoms with E-state index in [1.54, 1.807) is 22.9 Å². The van der Waals surface area contributed by atoms with Crippen LogP contribution < -0.4 is 9.46 Å². The molecule has 0 spiro atoms. The molecule has 0 saturated heterocycles. The lowest BCUT2D eigenvalue weighted by Gasteiger charge is -2.08. The highest BCUT2D eigenvalue weighted by atomic mass is 35.5. The zero-order chi connectivity index (χ0) is 13.1. The fourth-order valence-corrected chi connectivity index (χ4v) is 1.75. The van der Waals surface area contributed by atoms with E-state index < -0.39 is 22.5 Å². The monoisotopic (exact) mass is 277 g/mol. The van der Waals surface area contributed by atoms with Gasteiger partial charge in [0.05, 0.1) is 11.3 Å². The highest BCUT2D eigenvalue weighted by molar-refractivity contribution is 7.89. The van der Waals surface area contributed by atoms with Crippen molar-refractivity contribution in [3.05, 3.63) is 28.8 Å². The van der Waals surface area contributed by atoms with Crippen LogP contribution in [-0.4, -0.2) is 27.2 Å². The first-order chi connectivity index (χ1) is 7.78. The Balaban J connectivity index is 2.62. The van der Waals surface area contributed by atoms with Gasteiger partial charge in [0.15, 0.2) is 6.61 Å². The van der Waals surface area contributed by atoms with E-state index in [4.69, 9.17) is 16.3 Å². The van der Waals surface area contributed by atoms with Gasteiger partial charge in [-0.05, 0) is 24.6 Å². The summed E-state index contributed by atoms with van der Waals surface area (Å²) < 4.78 is 28.4. The molecule has 7 heteroatoms. The number of nitrogens with one attached hydrogen (secondary N) is 1. The zero-order valence-electron chi connectivity index (χ0n) is 9.36. The number of carbonyl (C=O) groups excluding carboxylic acids is 1. The number of aryl methyl sites for hydroxylation is 1. The molecule has 0 unspecified atom stereocenters. The Hall–Kier alpha value is -1.27. The van der Waals surface area contributed by atoms with E-state index in [0.29, 0.717) is 10.8 Å². The molecule has 1 aromatic rings. The number of amides is 1. The predicted molar refractivity (Wildman–Crippen MR) is 64.7 cm³/mol. The topological polar surface area (TPSA) is 72.5 Å². The van der Waals surface area contributed by atoms with E-state index in [2.05, 4.69) is 0 Å². The molecule has 0 saturated carbocycles. The smallest absolute Gasteiger partial charge is 0.271 e. The Bertz CT molecular complexity index is 527. The van der Waals surface area contributed by atoms with Crippen molar-refractivity contribution in [3.63, 3.8) is 0 Å². The lowest BCUT2D eigenvalue weighted by molar-refractivity contribution is -0.121. The Morgan fingerprint density at radius 3 is 2.71 bits per heavy atom. The molecule has 1 aromatic carbocycles. The summed E-state index contributed by atoms with van der Waals surface area (Å²) in [6.07, 6.45) is 0.893. The summed E-state index contributed by atoms with van der Waals surface area (Å²) in [5, 5.41) is 0.364. The molecule has 0 aromatic heterocycles. The van der Waals surface area contributed by atoms with E-state index in [0.717, 1.165) is 11.8 Å². The second-order valence-corrected chi connectivity index (χ2v) is 5.68. The Morgan fingerprint density at radius 1 is 1.47 bits per heavy atom. The molecular weight excluding hydrogens is 266 g/mol. The zero-order valence-corrected chi connectivity index (χ0v) is 10.9. The summed E-state index contributed by atoms with van der Waals surface area (Å²) in [7, 11) is -3.56. The van der Waals surface area contributed by atoms with Gasteiger partial charge in [0.2, 0.25) is 10.0 Å². The van der Waals surface area contributed by atoms with Gasteiger partial charge < -0.3 is 4.74 Å². The predicted octanol–water partition coefficient (Wildman–Crippen LogP) is 1.10. The molecule has 0 bridgehead atoms. The molecule has 0 atom stereocenters. The highest BCUT2D eigenvalue weighted by Crippen LogP contribution is 2.24. The summed E-state index contributed by atoms with van der Waals surface area (Å²) in [5.41, 5.74) is 0.924. The van der Waals surface area contributed by atoms with E-state index in [9.17, 15) is 13.2 Å². The quantitative estimate of drug-likeness (QED) is 0.895. The molecule has 0 aliphatic rings. The van der Waals surface area contributed by atoms with Crippen LogP contribution in [0.15, 0.2) is 18.2 Å². The van der Waals surface area contributed by atoms with Gasteiger partial charge in [-0.25, -0.2) is 8.42 Å². The van der Waals surface area contributed by atoms with Crippen molar-refractivity contribution >= 4 is 27.5 Å². The summed E-state index contributed by atoms with van der Waals surface area (Å²) in [6.45, 7) is 1.44. The van der Waals surface area contributed by atoms with Gasteiger partial charge in [0.25, 0.3) is 5.91 Å². The molecule has 0 radical (unpaired) electrons. The molecule has 0 fully saturated rings. The average Bonchev–Trinajstić information content (AvgIpc) is 2.17. The third kappa shape index (κ3) is 5.06. The molecule has 1 amide bonds. The fraction of sp³-hybridized carbons (Fsp3) is 0.300. The number of rotatable bonds is 4. The maximum absolute atomic E-state index is 11.2. The van der Waals surface area contributed by atoms with Crippen LogP contribution in [0.1, 0.15) is 5.56 Å². The van der Waals surface area contributed by atoms with Crippen LogP contribution in [0, 0.1) is 6.92 Å². The molecule has 0 heterocycles. The molecule has 0 aliphatic heterocycles. The molecule has 94 valence electrons. The lowest BCUT2D eigenvalue weighted by Crippen LogP contribution is -2.33. The van der Waals surface area contributed by atoms with Crippen LogP contribution in [0.5, 0.6) is 5.75 Å². The number of ether oxygens (including phenoxy) is 1. The van der Waals surface area contributed by atoms with Crippen LogP contribution >= 0.6 is 11.6 Å². The van der Waals surface area contributed by atoms with Crippen LogP contribution in [-0.2, 0) is 14.8 Å². The summed E-state index contributed by atoms with van der Waals surface area (Å²) in [4.78, 5) is 11.2. The van der Waals surface area contributed by atoms with Crippen molar-refractivity contribution in [2.24, 2.45) is 0 Å². The second-order valence-electron chi connectivity index (χ2n) is 3.52. The number of hydrogen-bond donors (Lipinski definition) is 1. The van der Waals surface area contributed by atoms with Crippen LogP contribution in [0.4, 0.5) is 0 Å². The maximum atomic E-state index is 11.2. The van der Waals surface area contributed by atoms with E-state index in [1.807, 2.05) is 6.92 Å². The second kappa shape index (κ2) is 5.37. The number of halogens is 1. The summed E-state index contributed by atoms with van der Waals surface area (Å²) in [6, 6.07) is 5.10. The van der Waals surface area contributed by atoms with E-state index in [-0.39, 0.29) is 0 Å². The third-order valence-corrected chi connectivity index (χ3v) is 2.66. The first kappa shape index (κ1) is 13.8. The fourth-order valence-electron chi connectivity index (χ4n) is 1.10.